The zero-order chi connectivity index (χ0) is 22.1. The number of allylic oxidation sites excluding steroid dienone is 1. The maximum Gasteiger partial charge on any atom is 0.338 e. The van der Waals surface area contributed by atoms with Crippen LogP contribution >= 0.6 is 27.3 Å². The van der Waals surface area contributed by atoms with Gasteiger partial charge in [0, 0.05) is 6.08 Å². The van der Waals surface area contributed by atoms with E-state index in [0.717, 1.165) is 5.56 Å². The lowest BCUT2D eigenvalue weighted by atomic mass is 9.96. The Morgan fingerprint density at radius 2 is 2.03 bits per heavy atom. The van der Waals surface area contributed by atoms with Gasteiger partial charge in [0.1, 0.15) is 11.5 Å². The van der Waals surface area contributed by atoms with Crippen LogP contribution in [0.15, 0.2) is 66.5 Å². The lowest BCUT2D eigenvalue weighted by Gasteiger charge is -2.24. The number of benzene rings is 1. The van der Waals surface area contributed by atoms with Crippen LogP contribution in [0.25, 0.3) is 6.08 Å². The molecule has 1 unspecified atom stereocenters. The van der Waals surface area contributed by atoms with Gasteiger partial charge in [0.15, 0.2) is 9.47 Å². The van der Waals surface area contributed by atoms with Gasteiger partial charge in [-0.3, -0.25) is 9.36 Å². The minimum Gasteiger partial charge on any atom is -0.497 e. The molecule has 0 N–H and O–H groups in total. The number of carbonyl (C=O) groups excluding carboxylic acids is 1. The van der Waals surface area contributed by atoms with E-state index >= 15 is 0 Å². The van der Waals surface area contributed by atoms with E-state index in [-0.39, 0.29) is 12.2 Å². The van der Waals surface area contributed by atoms with Gasteiger partial charge in [-0.15, -0.1) is 0 Å². The van der Waals surface area contributed by atoms with Crippen LogP contribution in [0, 0.1) is 0 Å². The number of furan rings is 1. The van der Waals surface area contributed by atoms with E-state index in [4.69, 9.17) is 13.9 Å². The molecule has 160 valence electrons. The number of thiazole rings is 1. The van der Waals surface area contributed by atoms with E-state index in [2.05, 4.69) is 20.9 Å². The van der Waals surface area contributed by atoms with E-state index in [1.54, 1.807) is 51.3 Å². The third-order valence-corrected chi connectivity index (χ3v) is 6.23. The first-order chi connectivity index (χ1) is 14.9. The summed E-state index contributed by atoms with van der Waals surface area (Å²) < 4.78 is 18.6. The quantitative estimate of drug-likeness (QED) is 0.500. The second kappa shape index (κ2) is 8.68. The fraction of sp³-hybridized carbons (Fsp3) is 0.227. The standard InChI is InChI=1S/C22H19BrN2O5S/c1-4-29-21(27)18-12(2)24-22-25(19(18)13-5-7-14(28-3)8-6-13)20(26)16(31-22)11-15-9-10-17(23)30-15/h5-11,19H,4H2,1-3H3/b16-11-. The molecule has 0 saturated heterocycles. The molecule has 0 amide bonds. The number of aromatic nitrogens is 1. The molecule has 3 heterocycles. The second-order valence-corrected chi connectivity index (χ2v) is 8.51. The van der Waals surface area contributed by atoms with E-state index < -0.39 is 12.0 Å². The Balaban J connectivity index is 1.94. The van der Waals surface area contributed by atoms with Crippen molar-refractivity contribution in [3.8, 4) is 5.75 Å². The zero-order valence-electron chi connectivity index (χ0n) is 17.0. The fourth-order valence-electron chi connectivity index (χ4n) is 3.43. The predicted octanol–water partition coefficient (Wildman–Crippen LogP) is 3.16. The summed E-state index contributed by atoms with van der Waals surface area (Å²) in [6.07, 6.45) is 1.67. The minimum absolute atomic E-state index is 0.225. The summed E-state index contributed by atoms with van der Waals surface area (Å²) in [6.45, 7) is 3.72. The summed E-state index contributed by atoms with van der Waals surface area (Å²) >= 11 is 4.51. The van der Waals surface area contributed by atoms with Crippen molar-refractivity contribution < 1.29 is 18.7 Å². The maximum atomic E-state index is 13.4. The SMILES string of the molecule is CCOC(=O)C1=C(C)N=c2s/c(=C\c3ccc(Br)o3)c(=O)n2C1c1ccc(OC)cc1. The van der Waals surface area contributed by atoms with E-state index in [1.807, 2.05) is 12.1 Å². The van der Waals surface area contributed by atoms with Gasteiger partial charge in [-0.05, 0) is 59.6 Å². The average Bonchev–Trinajstić information content (AvgIpc) is 3.30. The largest absolute Gasteiger partial charge is 0.497 e. The molecule has 1 aliphatic rings. The second-order valence-electron chi connectivity index (χ2n) is 6.72. The molecule has 4 rings (SSSR count). The Morgan fingerprint density at radius 1 is 1.29 bits per heavy atom. The van der Waals surface area contributed by atoms with Crippen molar-refractivity contribution in [2.24, 2.45) is 4.99 Å². The zero-order valence-corrected chi connectivity index (χ0v) is 19.5. The molecule has 1 aromatic carbocycles. The number of rotatable bonds is 5. The average molecular weight is 503 g/mol. The normalized spacial score (nSPS) is 16.1. The molecule has 0 fully saturated rings. The minimum atomic E-state index is -0.660. The van der Waals surface area contributed by atoms with E-state index in [0.29, 0.717) is 36.8 Å². The van der Waals surface area contributed by atoms with Crippen LogP contribution in [0.2, 0.25) is 0 Å². The first-order valence-corrected chi connectivity index (χ1v) is 11.1. The van der Waals surface area contributed by atoms with E-state index in [9.17, 15) is 9.59 Å². The lowest BCUT2D eigenvalue weighted by molar-refractivity contribution is -0.139. The van der Waals surface area contributed by atoms with Crippen molar-refractivity contribution in [1.29, 1.82) is 0 Å². The van der Waals surface area contributed by atoms with Crippen LogP contribution in [-0.2, 0) is 9.53 Å². The van der Waals surface area contributed by atoms with Crippen molar-refractivity contribution in [1.82, 2.24) is 4.57 Å². The number of nitrogens with zero attached hydrogens (tertiary/aromatic N) is 2. The van der Waals surface area contributed by atoms with Crippen LogP contribution in [0.5, 0.6) is 5.75 Å². The highest BCUT2D eigenvalue weighted by Gasteiger charge is 2.33. The predicted molar refractivity (Wildman–Crippen MR) is 120 cm³/mol. The van der Waals surface area contributed by atoms with Crippen molar-refractivity contribution in [3.05, 3.63) is 83.3 Å². The number of carbonyl (C=O) groups is 1. The Bertz CT molecular complexity index is 1350. The molecule has 3 aromatic rings. The third-order valence-electron chi connectivity index (χ3n) is 4.82. The number of hydrogen-bond donors (Lipinski definition) is 0. The highest BCUT2D eigenvalue weighted by atomic mass is 79.9. The van der Waals surface area contributed by atoms with Crippen LogP contribution in [0.1, 0.15) is 31.2 Å². The number of hydrogen-bond acceptors (Lipinski definition) is 7. The molecular formula is C22H19BrN2O5S. The third kappa shape index (κ3) is 4.03. The summed E-state index contributed by atoms with van der Waals surface area (Å²) in [5, 5.41) is 0. The van der Waals surface area contributed by atoms with Gasteiger partial charge in [0.2, 0.25) is 0 Å². The monoisotopic (exact) mass is 502 g/mol. The Kier molecular flexibility index (Phi) is 5.97. The molecule has 9 heteroatoms. The van der Waals surface area contributed by atoms with Crippen molar-refractivity contribution >= 4 is 39.3 Å². The number of esters is 1. The van der Waals surface area contributed by atoms with Gasteiger partial charge in [-0.25, -0.2) is 9.79 Å². The van der Waals surface area contributed by atoms with Crippen LogP contribution in [-0.4, -0.2) is 24.3 Å². The van der Waals surface area contributed by atoms with Gasteiger partial charge in [0.05, 0.1) is 35.6 Å². The summed E-state index contributed by atoms with van der Waals surface area (Å²) in [5.41, 5.74) is 1.36. The molecule has 2 aromatic heterocycles. The number of fused-ring (bicyclic) bond motifs is 1. The van der Waals surface area contributed by atoms with Gasteiger partial charge < -0.3 is 13.9 Å². The molecule has 1 aliphatic heterocycles. The smallest absolute Gasteiger partial charge is 0.338 e. The Labute approximate surface area is 190 Å². The number of ether oxygens (including phenoxy) is 2. The summed E-state index contributed by atoms with van der Waals surface area (Å²) in [6, 6.07) is 10.1. The molecule has 7 nitrogen and oxygen atoms in total. The Hall–Kier alpha value is -2.91. The fourth-order valence-corrected chi connectivity index (χ4v) is 4.77. The summed E-state index contributed by atoms with van der Waals surface area (Å²) in [5.74, 6) is 0.728. The molecular weight excluding hydrogens is 484 g/mol. The molecule has 0 radical (unpaired) electrons. The first-order valence-electron chi connectivity index (χ1n) is 9.52. The molecule has 0 spiro atoms. The first kappa shape index (κ1) is 21.3. The van der Waals surface area contributed by atoms with Crippen LogP contribution < -0.4 is 19.6 Å². The Morgan fingerprint density at radius 3 is 2.65 bits per heavy atom. The molecule has 0 aliphatic carbocycles. The van der Waals surface area contributed by atoms with Gasteiger partial charge in [-0.2, -0.15) is 0 Å². The van der Waals surface area contributed by atoms with Crippen LogP contribution in [0.3, 0.4) is 0 Å². The topological polar surface area (TPSA) is 83.0 Å². The molecule has 1 atom stereocenters. The molecule has 0 bridgehead atoms. The lowest BCUT2D eigenvalue weighted by Crippen LogP contribution is -2.39. The summed E-state index contributed by atoms with van der Waals surface area (Å²) in [4.78, 5) is 31.3. The molecule has 31 heavy (non-hydrogen) atoms. The van der Waals surface area contributed by atoms with Gasteiger partial charge in [-0.1, -0.05) is 23.5 Å². The van der Waals surface area contributed by atoms with Gasteiger partial charge >= 0.3 is 5.97 Å². The number of halogens is 1. The highest BCUT2D eigenvalue weighted by molar-refractivity contribution is 9.10. The highest BCUT2D eigenvalue weighted by Crippen LogP contribution is 2.31. The maximum absolute atomic E-state index is 13.4. The van der Waals surface area contributed by atoms with E-state index in [1.165, 1.54) is 15.9 Å². The summed E-state index contributed by atoms with van der Waals surface area (Å²) in [7, 11) is 1.58. The van der Waals surface area contributed by atoms with Crippen LogP contribution in [0.4, 0.5) is 0 Å². The van der Waals surface area contributed by atoms with Crippen molar-refractivity contribution in [2.75, 3.05) is 13.7 Å². The van der Waals surface area contributed by atoms with Gasteiger partial charge in [0.25, 0.3) is 5.56 Å². The van der Waals surface area contributed by atoms with Crippen molar-refractivity contribution in [3.63, 3.8) is 0 Å². The number of methoxy groups -OCH3 is 1. The molecule has 0 saturated carbocycles. The van der Waals surface area contributed by atoms with Crippen molar-refractivity contribution in [2.45, 2.75) is 19.9 Å².